The second-order valence-electron chi connectivity index (χ2n) is 5.99. The van der Waals surface area contributed by atoms with Crippen molar-refractivity contribution < 1.29 is 14.3 Å². The molecule has 1 saturated carbocycles. The van der Waals surface area contributed by atoms with Crippen LogP contribution in [0.5, 0.6) is 5.75 Å². The minimum absolute atomic E-state index is 0.0121. The molecule has 1 aliphatic carbocycles. The van der Waals surface area contributed by atoms with Gasteiger partial charge in [-0.2, -0.15) is 0 Å². The van der Waals surface area contributed by atoms with E-state index in [1.165, 1.54) is 26.2 Å². The summed E-state index contributed by atoms with van der Waals surface area (Å²) < 4.78 is 5.31. The topological polar surface area (TPSA) is 58.6 Å². The molecular formula is C18H26N2O3. The van der Waals surface area contributed by atoms with Crippen molar-refractivity contribution in [1.29, 1.82) is 0 Å². The molecule has 23 heavy (non-hydrogen) atoms. The Labute approximate surface area is 138 Å². The van der Waals surface area contributed by atoms with E-state index in [1.54, 1.807) is 12.0 Å². The third kappa shape index (κ3) is 4.98. The van der Waals surface area contributed by atoms with Crippen molar-refractivity contribution in [3.8, 4) is 5.75 Å². The highest BCUT2D eigenvalue weighted by Crippen LogP contribution is 2.27. The number of para-hydroxylation sites is 2. The fourth-order valence-electron chi connectivity index (χ4n) is 3.06. The molecule has 1 fully saturated rings. The first-order valence-corrected chi connectivity index (χ1v) is 8.32. The second kappa shape index (κ2) is 8.56. The maximum Gasteiger partial charge on any atom is 0.223 e. The smallest absolute Gasteiger partial charge is 0.223 e. The van der Waals surface area contributed by atoms with E-state index in [0.717, 1.165) is 12.8 Å². The number of hydrogen-bond acceptors (Lipinski definition) is 3. The zero-order valence-electron chi connectivity index (χ0n) is 14.0. The third-order valence-electron chi connectivity index (χ3n) is 4.29. The van der Waals surface area contributed by atoms with Gasteiger partial charge >= 0.3 is 0 Å². The van der Waals surface area contributed by atoms with Gasteiger partial charge in [0.1, 0.15) is 5.75 Å². The van der Waals surface area contributed by atoms with Gasteiger partial charge in [0.15, 0.2) is 0 Å². The number of amides is 2. The lowest BCUT2D eigenvalue weighted by Crippen LogP contribution is -2.39. The molecule has 1 N–H and O–H groups in total. The molecule has 1 aromatic rings. The molecule has 0 unspecified atom stereocenters. The molecule has 0 aromatic heterocycles. The third-order valence-corrected chi connectivity index (χ3v) is 4.29. The Morgan fingerprint density at radius 1 is 1.22 bits per heavy atom. The van der Waals surface area contributed by atoms with Crippen molar-refractivity contribution in [3.05, 3.63) is 24.3 Å². The molecule has 5 nitrogen and oxygen atoms in total. The molecule has 126 valence electrons. The first kappa shape index (κ1) is 17.3. The summed E-state index contributed by atoms with van der Waals surface area (Å²) in [5.74, 6) is 0.549. The number of hydrogen-bond donors (Lipinski definition) is 1. The normalized spacial score (nSPS) is 15.0. The number of rotatable bonds is 6. The van der Waals surface area contributed by atoms with Gasteiger partial charge in [0, 0.05) is 25.9 Å². The quantitative estimate of drug-likeness (QED) is 0.877. The first-order chi connectivity index (χ1) is 11.1. The summed E-state index contributed by atoms with van der Waals surface area (Å²) in [7, 11) is 1.58. The number of carbonyl (C=O) groups is 2. The molecule has 0 saturated heterocycles. The van der Waals surface area contributed by atoms with Crippen LogP contribution in [0.3, 0.4) is 0 Å². The van der Waals surface area contributed by atoms with E-state index in [2.05, 4.69) is 5.32 Å². The lowest BCUT2D eigenvalue weighted by Gasteiger charge is -2.25. The standard InChI is InChI=1S/C18H26N2O3/c1-14(21)20(16-10-6-7-11-17(16)23-2)13-12-18(22)19-15-8-4-3-5-9-15/h6-7,10-11,15H,3-5,8-9,12-13H2,1-2H3,(H,19,22). The van der Waals surface area contributed by atoms with Crippen molar-refractivity contribution >= 4 is 17.5 Å². The molecule has 0 aliphatic heterocycles. The van der Waals surface area contributed by atoms with Gasteiger partial charge in [-0.1, -0.05) is 31.4 Å². The maximum absolute atomic E-state index is 12.1. The van der Waals surface area contributed by atoms with Crippen LogP contribution in [0.15, 0.2) is 24.3 Å². The molecule has 0 heterocycles. The average Bonchev–Trinajstić information content (AvgIpc) is 2.56. The van der Waals surface area contributed by atoms with Crippen LogP contribution in [-0.2, 0) is 9.59 Å². The van der Waals surface area contributed by atoms with E-state index < -0.39 is 0 Å². The minimum atomic E-state index is -0.0973. The predicted octanol–water partition coefficient (Wildman–Crippen LogP) is 2.89. The lowest BCUT2D eigenvalue weighted by atomic mass is 9.95. The van der Waals surface area contributed by atoms with Crippen molar-refractivity contribution in [2.75, 3.05) is 18.6 Å². The average molecular weight is 318 g/mol. The van der Waals surface area contributed by atoms with Crippen molar-refractivity contribution in [2.45, 2.75) is 51.5 Å². The second-order valence-corrected chi connectivity index (χ2v) is 5.99. The molecule has 0 radical (unpaired) electrons. The van der Waals surface area contributed by atoms with Gasteiger partial charge < -0.3 is 15.0 Å². The number of carbonyl (C=O) groups excluding carboxylic acids is 2. The van der Waals surface area contributed by atoms with E-state index >= 15 is 0 Å². The molecular weight excluding hydrogens is 292 g/mol. The number of methoxy groups -OCH3 is 1. The Bertz CT molecular complexity index is 539. The highest BCUT2D eigenvalue weighted by Gasteiger charge is 2.19. The van der Waals surface area contributed by atoms with Crippen molar-refractivity contribution in [1.82, 2.24) is 5.32 Å². The Hall–Kier alpha value is -2.04. The van der Waals surface area contributed by atoms with E-state index in [4.69, 9.17) is 4.74 Å². The summed E-state index contributed by atoms with van der Waals surface area (Å²) in [6.07, 6.45) is 6.06. The first-order valence-electron chi connectivity index (χ1n) is 8.32. The van der Waals surface area contributed by atoms with Crippen LogP contribution in [0.2, 0.25) is 0 Å². The maximum atomic E-state index is 12.1. The number of benzene rings is 1. The number of nitrogens with zero attached hydrogens (tertiary/aromatic N) is 1. The zero-order chi connectivity index (χ0) is 16.7. The molecule has 5 heteroatoms. The van der Waals surface area contributed by atoms with Crippen LogP contribution in [0.4, 0.5) is 5.69 Å². The van der Waals surface area contributed by atoms with E-state index in [9.17, 15) is 9.59 Å². The Balaban J connectivity index is 1.94. The minimum Gasteiger partial charge on any atom is -0.495 e. The summed E-state index contributed by atoms with van der Waals surface area (Å²) in [5, 5.41) is 3.09. The highest BCUT2D eigenvalue weighted by molar-refractivity contribution is 5.93. The summed E-state index contributed by atoms with van der Waals surface area (Å²) >= 11 is 0. The van der Waals surface area contributed by atoms with Gasteiger partial charge in [-0.15, -0.1) is 0 Å². The Kier molecular flexibility index (Phi) is 6.44. The Morgan fingerprint density at radius 2 is 1.91 bits per heavy atom. The molecule has 2 amide bonds. The van der Waals surface area contributed by atoms with E-state index in [1.807, 2.05) is 24.3 Å². The lowest BCUT2D eigenvalue weighted by molar-refractivity contribution is -0.121. The van der Waals surface area contributed by atoms with Crippen molar-refractivity contribution in [2.24, 2.45) is 0 Å². The number of nitrogens with one attached hydrogen (secondary N) is 1. The van der Waals surface area contributed by atoms with Gasteiger partial charge in [0.05, 0.1) is 12.8 Å². The summed E-state index contributed by atoms with van der Waals surface area (Å²) in [5.41, 5.74) is 0.702. The fraction of sp³-hybridized carbons (Fsp3) is 0.556. The van der Waals surface area contributed by atoms with Crippen LogP contribution in [-0.4, -0.2) is 31.5 Å². The molecule has 2 rings (SSSR count). The molecule has 0 spiro atoms. The zero-order valence-corrected chi connectivity index (χ0v) is 14.0. The van der Waals surface area contributed by atoms with Crippen LogP contribution in [0.1, 0.15) is 45.4 Å². The van der Waals surface area contributed by atoms with Gasteiger partial charge in [0.25, 0.3) is 0 Å². The predicted molar refractivity (Wildman–Crippen MR) is 90.7 cm³/mol. The summed E-state index contributed by atoms with van der Waals surface area (Å²) in [6, 6.07) is 7.66. The van der Waals surface area contributed by atoms with Crippen LogP contribution in [0.25, 0.3) is 0 Å². The van der Waals surface area contributed by atoms with Gasteiger partial charge in [-0.05, 0) is 25.0 Å². The van der Waals surface area contributed by atoms with Gasteiger partial charge in [0.2, 0.25) is 11.8 Å². The summed E-state index contributed by atoms with van der Waals surface area (Å²) in [4.78, 5) is 25.7. The molecule has 1 aromatic carbocycles. The van der Waals surface area contributed by atoms with E-state index in [-0.39, 0.29) is 11.8 Å². The van der Waals surface area contributed by atoms with Crippen LogP contribution in [0, 0.1) is 0 Å². The van der Waals surface area contributed by atoms with Gasteiger partial charge in [-0.3, -0.25) is 9.59 Å². The van der Waals surface area contributed by atoms with Crippen LogP contribution < -0.4 is 15.0 Å². The highest BCUT2D eigenvalue weighted by atomic mass is 16.5. The summed E-state index contributed by atoms with van der Waals surface area (Å²) in [6.45, 7) is 1.86. The van der Waals surface area contributed by atoms with Gasteiger partial charge in [-0.25, -0.2) is 0 Å². The number of ether oxygens (including phenoxy) is 1. The molecule has 0 bridgehead atoms. The Morgan fingerprint density at radius 3 is 2.57 bits per heavy atom. The number of anilines is 1. The SMILES string of the molecule is COc1ccccc1N(CCC(=O)NC1CCCCC1)C(C)=O. The fourth-order valence-corrected chi connectivity index (χ4v) is 3.06. The van der Waals surface area contributed by atoms with Crippen LogP contribution >= 0.6 is 0 Å². The molecule has 1 aliphatic rings. The largest absolute Gasteiger partial charge is 0.495 e. The monoisotopic (exact) mass is 318 g/mol. The van der Waals surface area contributed by atoms with E-state index in [0.29, 0.717) is 30.4 Å². The molecule has 0 atom stereocenters. The van der Waals surface area contributed by atoms with Crippen molar-refractivity contribution in [3.63, 3.8) is 0 Å².